The van der Waals surface area contributed by atoms with Crippen molar-refractivity contribution in [2.45, 2.75) is 19.5 Å². The molecule has 1 aliphatic rings. The van der Waals surface area contributed by atoms with Gasteiger partial charge in [-0.3, -0.25) is 29.1 Å². The summed E-state index contributed by atoms with van der Waals surface area (Å²) in [6, 6.07) is 8.88. The lowest BCUT2D eigenvalue weighted by Gasteiger charge is -2.22. The molecule has 0 saturated carbocycles. The second kappa shape index (κ2) is 6.15. The van der Waals surface area contributed by atoms with Crippen LogP contribution in [0.25, 0.3) is 11.0 Å². The highest BCUT2D eigenvalue weighted by Gasteiger charge is 2.35. The van der Waals surface area contributed by atoms with Crippen molar-refractivity contribution in [1.29, 1.82) is 0 Å². The summed E-state index contributed by atoms with van der Waals surface area (Å²) in [4.78, 5) is 53.1. The molecule has 1 amide bonds. The first kappa shape index (κ1) is 17.7. The number of aromatic nitrogens is 2. The number of carbonyl (C=O) groups is 1. The summed E-state index contributed by atoms with van der Waals surface area (Å²) in [7, 11) is 1.57. The number of hydrogen-bond donors (Lipinski definition) is 1. The van der Waals surface area contributed by atoms with Gasteiger partial charge in [-0.1, -0.05) is 30.3 Å². The molecule has 2 aromatic carbocycles. The Kier molecular flexibility index (Phi) is 3.88. The first-order valence-electron chi connectivity index (χ1n) is 8.56. The molecule has 0 spiro atoms. The molecule has 28 heavy (non-hydrogen) atoms. The van der Waals surface area contributed by atoms with Crippen molar-refractivity contribution >= 4 is 22.6 Å². The highest BCUT2D eigenvalue weighted by Crippen LogP contribution is 2.34. The molecule has 2 heterocycles. The maximum Gasteiger partial charge on any atom is 0.317 e. The lowest BCUT2D eigenvalue weighted by atomic mass is 10.0. The van der Waals surface area contributed by atoms with Crippen molar-refractivity contribution in [2.75, 3.05) is 7.05 Å². The number of benzene rings is 2. The van der Waals surface area contributed by atoms with Gasteiger partial charge in [-0.2, -0.15) is 0 Å². The van der Waals surface area contributed by atoms with Gasteiger partial charge in [0.15, 0.2) is 0 Å². The van der Waals surface area contributed by atoms with Crippen LogP contribution < -0.4 is 11.1 Å². The molecule has 1 N–H and O–H groups in total. The van der Waals surface area contributed by atoms with Crippen molar-refractivity contribution in [3.63, 3.8) is 0 Å². The van der Waals surface area contributed by atoms with E-state index in [1.54, 1.807) is 44.3 Å². The second-order valence-electron chi connectivity index (χ2n) is 6.79. The van der Waals surface area contributed by atoms with E-state index in [2.05, 4.69) is 4.98 Å². The Hall–Kier alpha value is -3.75. The predicted molar refractivity (Wildman–Crippen MR) is 101 cm³/mol. The van der Waals surface area contributed by atoms with Gasteiger partial charge in [0.05, 0.1) is 16.0 Å². The number of aromatic amines is 1. The van der Waals surface area contributed by atoms with Crippen LogP contribution in [0.4, 0.5) is 5.69 Å². The number of hydrogen-bond acceptors (Lipinski definition) is 5. The second-order valence-corrected chi connectivity index (χ2v) is 6.79. The third kappa shape index (κ3) is 2.43. The molecule has 1 aromatic heterocycles. The number of nitrogens with zero attached hydrogens (tertiary/aromatic N) is 3. The lowest BCUT2D eigenvalue weighted by Crippen LogP contribution is -2.42. The maximum absolute atomic E-state index is 13.2. The van der Waals surface area contributed by atoms with Gasteiger partial charge >= 0.3 is 11.1 Å². The quantitative estimate of drug-likeness (QED) is 0.410. The Balaban J connectivity index is 2.22. The fourth-order valence-corrected chi connectivity index (χ4v) is 3.76. The fourth-order valence-electron chi connectivity index (χ4n) is 3.76. The normalized spacial score (nSPS) is 16.3. The number of H-pyrrole nitrogens is 1. The molecule has 0 aliphatic carbocycles. The molecule has 3 aromatic rings. The van der Waals surface area contributed by atoms with E-state index in [1.807, 2.05) is 0 Å². The van der Waals surface area contributed by atoms with Gasteiger partial charge in [0.25, 0.3) is 5.69 Å². The van der Waals surface area contributed by atoms with Crippen LogP contribution in [0, 0.1) is 17.0 Å². The minimum Gasteiger partial charge on any atom is -0.339 e. The van der Waals surface area contributed by atoms with E-state index in [0.717, 1.165) is 0 Å². The zero-order chi connectivity index (χ0) is 20.2. The van der Waals surface area contributed by atoms with Crippen molar-refractivity contribution in [1.82, 2.24) is 14.5 Å². The number of nitrogens with one attached hydrogen (secondary N) is 1. The molecule has 0 saturated heterocycles. The SMILES string of the molecule is Cc1c([N+](=O)[O-])cc2[nH]c(=O)c(=O)n3c2c1CN(C)C(=O)C3c1ccccc1. The standard InChI is InChI=1S/C19H16N4O5/c1-10-12-9-21(2)18(25)15(11-6-4-3-5-7-11)22-16(12)13(8-14(10)23(27)28)20-17(24)19(22)26/h3-8,15H,9H2,1-2H3,(H,20,24). The Bertz CT molecular complexity index is 1260. The molecule has 0 radical (unpaired) electrons. The van der Waals surface area contributed by atoms with Crippen LogP contribution in [0.1, 0.15) is 22.7 Å². The van der Waals surface area contributed by atoms with Crippen molar-refractivity contribution in [2.24, 2.45) is 0 Å². The number of nitro benzene ring substituents is 1. The van der Waals surface area contributed by atoms with Crippen molar-refractivity contribution in [3.05, 3.63) is 83.9 Å². The predicted octanol–water partition coefficient (Wildman–Crippen LogP) is 1.47. The van der Waals surface area contributed by atoms with Gasteiger partial charge in [0, 0.05) is 30.8 Å². The van der Waals surface area contributed by atoms with E-state index in [-0.39, 0.29) is 23.7 Å². The van der Waals surface area contributed by atoms with Crippen LogP contribution in [0.5, 0.6) is 0 Å². The molecule has 9 heteroatoms. The highest BCUT2D eigenvalue weighted by molar-refractivity contribution is 5.91. The van der Waals surface area contributed by atoms with E-state index in [0.29, 0.717) is 22.2 Å². The molecule has 1 aliphatic heterocycles. The van der Waals surface area contributed by atoms with Crippen LogP contribution >= 0.6 is 0 Å². The van der Waals surface area contributed by atoms with Gasteiger partial charge in [-0.05, 0) is 12.5 Å². The topological polar surface area (TPSA) is 118 Å². The van der Waals surface area contributed by atoms with Crippen LogP contribution in [-0.2, 0) is 11.3 Å². The maximum atomic E-state index is 13.2. The smallest absolute Gasteiger partial charge is 0.317 e. The Morgan fingerprint density at radius 1 is 1.18 bits per heavy atom. The zero-order valence-electron chi connectivity index (χ0n) is 15.1. The Labute approximate surface area is 158 Å². The molecule has 1 unspecified atom stereocenters. The van der Waals surface area contributed by atoms with Crippen LogP contribution in [0.2, 0.25) is 0 Å². The third-order valence-electron chi connectivity index (χ3n) is 5.14. The van der Waals surface area contributed by atoms with Crippen LogP contribution in [-0.4, -0.2) is 32.3 Å². The highest BCUT2D eigenvalue weighted by atomic mass is 16.6. The van der Waals surface area contributed by atoms with E-state index < -0.39 is 22.1 Å². The molecule has 0 bridgehead atoms. The third-order valence-corrected chi connectivity index (χ3v) is 5.14. The lowest BCUT2D eigenvalue weighted by molar-refractivity contribution is -0.385. The van der Waals surface area contributed by atoms with E-state index in [4.69, 9.17) is 0 Å². The monoisotopic (exact) mass is 380 g/mol. The van der Waals surface area contributed by atoms with Gasteiger partial charge in [-0.25, -0.2) is 0 Å². The van der Waals surface area contributed by atoms with Crippen LogP contribution in [0.3, 0.4) is 0 Å². The average Bonchev–Trinajstić information content (AvgIpc) is 2.78. The molecule has 0 fully saturated rings. The molecular formula is C19H16N4O5. The fraction of sp³-hybridized carbons (Fsp3) is 0.211. The number of rotatable bonds is 2. The van der Waals surface area contributed by atoms with Crippen molar-refractivity contribution in [3.8, 4) is 0 Å². The minimum atomic E-state index is -1.04. The number of amides is 1. The summed E-state index contributed by atoms with van der Waals surface area (Å²) < 4.78 is 1.17. The van der Waals surface area contributed by atoms with Gasteiger partial charge in [-0.15, -0.1) is 0 Å². The summed E-state index contributed by atoms with van der Waals surface area (Å²) in [5.41, 5.74) is -0.132. The van der Waals surface area contributed by atoms with Gasteiger partial charge in [0.2, 0.25) is 5.91 Å². The van der Waals surface area contributed by atoms with Crippen LogP contribution in [0.15, 0.2) is 46.0 Å². The molecular weight excluding hydrogens is 364 g/mol. The summed E-state index contributed by atoms with van der Waals surface area (Å²) in [6.07, 6.45) is 0. The van der Waals surface area contributed by atoms with E-state index in [9.17, 15) is 24.5 Å². The zero-order valence-corrected chi connectivity index (χ0v) is 15.1. The van der Waals surface area contributed by atoms with E-state index >= 15 is 0 Å². The molecule has 4 rings (SSSR count). The molecule has 9 nitrogen and oxygen atoms in total. The summed E-state index contributed by atoms with van der Waals surface area (Å²) in [6.45, 7) is 1.66. The minimum absolute atomic E-state index is 0.0810. The summed E-state index contributed by atoms with van der Waals surface area (Å²) >= 11 is 0. The number of likely N-dealkylation sites (N-methyl/N-ethyl adjacent to an activating group) is 1. The van der Waals surface area contributed by atoms with E-state index in [1.165, 1.54) is 15.5 Å². The summed E-state index contributed by atoms with van der Waals surface area (Å²) in [5.74, 6) is -0.376. The van der Waals surface area contributed by atoms with Crippen molar-refractivity contribution < 1.29 is 9.72 Å². The number of carbonyl (C=O) groups excluding carboxylic acids is 1. The average molecular weight is 380 g/mol. The van der Waals surface area contributed by atoms with Gasteiger partial charge in [0.1, 0.15) is 6.04 Å². The Morgan fingerprint density at radius 2 is 1.86 bits per heavy atom. The Morgan fingerprint density at radius 3 is 2.50 bits per heavy atom. The first-order chi connectivity index (χ1) is 13.3. The van der Waals surface area contributed by atoms with Gasteiger partial charge < -0.3 is 9.88 Å². The number of nitro groups is 1. The largest absolute Gasteiger partial charge is 0.339 e. The molecule has 1 atom stereocenters. The first-order valence-corrected chi connectivity index (χ1v) is 8.56. The summed E-state index contributed by atoms with van der Waals surface area (Å²) in [5, 5.41) is 11.5. The molecule has 142 valence electrons.